The molecule has 4 aromatic carbocycles. The predicted molar refractivity (Wildman–Crippen MR) is 524 cm³/mol. The van der Waals surface area contributed by atoms with E-state index in [0.29, 0.717) is 0 Å². The molecular formula is C94H90N28O3S6. The van der Waals surface area contributed by atoms with Crippen molar-refractivity contribution in [2.24, 2.45) is 0 Å². The summed E-state index contributed by atoms with van der Waals surface area (Å²) in [6.45, 7) is 0. The average Bonchev–Trinajstić information content (AvgIpc) is 1.08. The topological polar surface area (TPSA) is 418 Å². The van der Waals surface area contributed by atoms with Gasteiger partial charge in [-0.05, 0) is 189 Å². The van der Waals surface area contributed by atoms with E-state index in [1.165, 1.54) is 92.5 Å². The summed E-state index contributed by atoms with van der Waals surface area (Å²) in [5, 5.41) is 35.8. The third-order valence-electron chi connectivity index (χ3n) is 13.4. The molecule has 22 aromatic heterocycles. The molecule has 0 amide bonds. The second kappa shape index (κ2) is 78.8. The quantitative estimate of drug-likeness (QED) is 0.0821. The molecule has 0 saturated carbocycles. The van der Waals surface area contributed by atoms with E-state index in [9.17, 15) is 0 Å². The Morgan fingerprint density at radius 1 is 0.260 bits per heavy atom. The van der Waals surface area contributed by atoms with E-state index >= 15 is 0 Å². The van der Waals surface area contributed by atoms with Crippen molar-refractivity contribution in [1.29, 1.82) is 0 Å². The number of aromatic amines is 6. The molecule has 0 radical (unpaired) electrons. The number of fused-ring (bicyclic) bond motifs is 5. The number of benzene rings is 4. The van der Waals surface area contributed by atoms with Gasteiger partial charge in [0, 0.05) is 173 Å². The summed E-state index contributed by atoms with van der Waals surface area (Å²) in [5.41, 5.74) is 7.02. The van der Waals surface area contributed by atoms with Crippen LogP contribution in [0, 0.1) is 0 Å². The highest BCUT2D eigenvalue weighted by molar-refractivity contribution is 7.25. The van der Waals surface area contributed by atoms with Gasteiger partial charge >= 0.3 is 0 Å². The molecular weight excluding hydrogens is 1760 g/mol. The lowest BCUT2D eigenvalue weighted by molar-refractivity contribution is 0.420. The Labute approximate surface area is 778 Å². The largest absolute Gasteiger partial charge is 0.473 e. The number of furan rings is 1. The van der Waals surface area contributed by atoms with E-state index in [2.05, 4.69) is 230 Å². The maximum Gasteiger partial charge on any atom is 0.180 e. The molecule has 0 spiro atoms. The van der Waals surface area contributed by atoms with Gasteiger partial charge in [-0.2, -0.15) is 31.8 Å². The van der Waals surface area contributed by atoms with Gasteiger partial charge in [0.25, 0.3) is 0 Å². The van der Waals surface area contributed by atoms with Crippen LogP contribution in [0.1, 0.15) is 0 Å². The zero-order chi connectivity index (χ0) is 91.3. The Bertz CT molecular complexity index is 4960. The van der Waals surface area contributed by atoms with Crippen LogP contribution in [-0.4, -0.2) is 140 Å². The maximum atomic E-state index is 4.58. The third-order valence-corrected chi connectivity index (χ3v) is 17.9. The van der Waals surface area contributed by atoms with Gasteiger partial charge in [0.15, 0.2) is 6.39 Å². The molecule has 6 N–H and O–H groups in total. The van der Waals surface area contributed by atoms with Crippen LogP contribution in [0.15, 0.2) is 524 Å². The molecule has 0 fully saturated rings. The molecule has 0 aliphatic heterocycles. The lowest BCUT2D eigenvalue weighted by Gasteiger charge is -1.90. The zero-order valence-corrected chi connectivity index (χ0v) is 74.9. The Morgan fingerprint density at radius 2 is 0.840 bits per heavy atom. The van der Waals surface area contributed by atoms with Gasteiger partial charge in [0.2, 0.25) is 0 Å². The summed E-state index contributed by atoms with van der Waals surface area (Å²) in [6.07, 6.45) is 64.5. The SMILES string of the molecule is c1c[nH]cn1.c1cc2sccc2s1.c1cc[nH]c1.c1ccc2[nH]ccc2c1.c1ccc2[nH]cnc2c1.c1ccc2nccnc2c1.c1ccc2sccc2c1.c1ccncc1.c1ccncc1.c1ccoc1.c1ccsc1.c1cn[nH]c1.c1cn[nH]n1.c1cnccn1.c1cncnc1.c1cncnc1.c1cnoc1.c1cnsc1.c1cocn1.c1cscn1.c1ncncn1. The van der Waals surface area contributed by atoms with Crippen molar-refractivity contribution in [3.63, 3.8) is 0 Å². The Kier molecular flexibility index (Phi) is 61.8. The highest BCUT2D eigenvalue weighted by atomic mass is 32.1. The number of para-hydroxylation sites is 5. The summed E-state index contributed by atoms with van der Waals surface area (Å²) >= 11 is 10.2. The highest BCUT2D eigenvalue weighted by Gasteiger charge is 1.93. The molecule has 37 heteroatoms. The molecule has 0 atom stereocenters. The molecule has 0 aliphatic carbocycles. The molecule has 26 rings (SSSR count). The molecule has 31 nitrogen and oxygen atoms in total. The van der Waals surface area contributed by atoms with Crippen LogP contribution < -0.4 is 0 Å². The van der Waals surface area contributed by atoms with Crippen molar-refractivity contribution in [2.75, 3.05) is 0 Å². The number of hydrogen-bond donors (Lipinski definition) is 6. The normalized spacial score (nSPS) is 8.76. The smallest absolute Gasteiger partial charge is 0.180 e. The first kappa shape index (κ1) is 103. The first-order valence-corrected chi connectivity index (χ1v) is 43.9. The minimum absolute atomic E-state index is 0.949. The predicted octanol–water partition coefficient (Wildman–Crippen LogP) is 23.0. The number of pyridine rings is 2. The number of imidazole rings is 2. The van der Waals surface area contributed by atoms with Gasteiger partial charge < -0.3 is 33.3 Å². The second-order valence-electron chi connectivity index (χ2n) is 22.5. The van der Waals surface area contributed by atoms with Crippen LogP contribution in [0.3, 0.4) is 0 Å². The molecule has 0 unspecified atom stereocenters. The maximum absolute atomic E-state index is 4.58. The third kappa shape index (κ3) is 58.6. The first-order valence-electron chi connectivity index (χ1n) is 38.6. The van der Waals surface area contributed by atoms with E-state index in [-0.39, 0.29) is 0 Å². The minimum Gasteiger partial charge on any atom is -0.473 e. The van der Waals surface area contributed by atoms with E-state index < -0.39 is 0 Å². The van der Waals surface area contributed by atoms with Crippen LogP contribution in [0.4, 0.5) is 0 Å². The van der Waals surface area contributed by atoms with Gasteiger partial charge in [-0.3, -0.25) is 40.0 Å². The van der Waals surface area contributed by atoms with Crippen molar-refractivity contribution < 1.29 is 13.4 Å². The van der Waals surface area contributed by atoms with Crippen LogP contribution >= 0.6 is 68.2 Å². The number of nitrogens with zero attached hydrogens (tertiary/aromatic N) is 22. The van der Waals surface area contributed by atoms with Gasteiger partial charge in [0.1, 0.15) is 44.2 Å². The van der Waals surface area contributed by atoms with Crippen molar-refractivity contribution in [3.05, 3.63) is 511 Å². The molecule has 0 saturated heterocycles. The van der Waals surface area contributed by atoms with E-state index in [1.807, 2.05) is 186 Å². The fourth-order valence-corrected chi connectivity index (χ4v) is 11.8. The molecule has 0 bridgehead atoms. The monoisotopic (exact) mass is 1850 g/mol. The van der Waals surface area contributed by atoms with Crippen LogP contribution in [0.2, 0.25) is 0 Å². The Balaban J connectivity index is 0.000000213. The summed E-state index contributed by atoms with van der Waals surface area (Å²) in [7, 11) is 0. The van der Waals surface area contributed by atoms with Crippen molar-refractivity contribution >= 4 is 121 Å². The van der Waals surface area contributed by atoms with E-state index in [1.54, 1.807) is 254 Å². The molecule has 131 heavy (non-hydrogen) atoms. The zero-order valence-electron chi connectivity index (χ0n) is 70.0. The summed E-state index contributed by atoms with van der Waals surface area (Å²) in [4.78, 5) is 75.4. The molecule has 26 aromatic rings. The number of thiophene rings is 4. The lowest BCUT2D eigenvalue weighted by Crippen LogP contribution is -1.78. The number of hydrogen-bond acceptors (Lipinski definition) is 31. The van der Waals surface area contributed by atoms with Gasteiger partial charge in [-0.1, -0.05) is 90.1 Å². The highest BCUT2D eigenvalue weighted by Crippen LogP contribution is 2.25. The lowest BCUT2D eigenvalue weighted by atomic mass is 10.3. The Morgan fingerprint density at radius 3 is 1.18 bits per heavy atom. The number of H-pyrrole nitrogens is 6. The summed E-state index contributed by atoms with van der Waals surface area (Å²) in [6, 6.07) is 72.9. The number of nitrogens with one attached hydrogen (secondary N) is 6. The summed E-state index contributed by atoms with van der Waals surface area (Å²) < 4.78 is 21.3. The standard InChI is InChI=1S/C8H6N2.C8H7N.C8H6S.C7H6N2.C6H4S2.2C5H5N.3C4H4N2.C4H5N.C4H4O.C4H4S.C3H3N3.2C3H4N2.2C3H3NO.2C3H3NS.C2H3N3/c1-2-4-8-7(3-1)9-5-6-10-8;2*1-2-4-8-7(3-1)5-6-9-8;1-2-4-7-6(3-1)8-5-9-7;1-3-7-6-2-4-8-5(1)6;2*1-2-4-6-5-3-1;1-2-6-4-3-5-1;2*1-2-5-4-6-3-1;3*1-2-4-5-3-1;1-4-2-6-3-5-1;1-2-5-3-4-1;1-2-4-5-3-1;1-2-5-3-4-1;1-2-4-5-3-1;1-2-5-3-4-1;2*1-2-4-5-3-1/h1-6H;1-6,9H;1-6H;1-5H,(H,8,9);1-4H;2*1-5H;3*1-4H;1-5H;2*1-4H;1-3H;2*1-3H,(H,4,5);4*1-3H;1-2H,(H,3,4,5). The molecule has 22 heterocycles. The molecule has 660 valence electrons. The number of oxazole rings is 1. The summed E-state index contributed by atoms with van der Waals surface area (Å²) in [5.74, 6) is 0. The first-order chi connectivity index (χ1) is 65.3. The second-order valence-corrected chi connectivity index (χ2v) is 27.6. The Hall–Kier alpha value is -17.1. The number of thiazole rings is 1. The average molecular weight is 1850 g/mol. The van der Waals surface area contributed by atoms with Crippen LogP contribution in [0.25, 0.3) is 52.5 Å². The van der Waals surface area contributed by atoms with Crippen LogP contribution in [0.5, 0.6) is 0 Å². The van der Waals surface area contributed by atoms with Gasteiger partial charge in [-0.15, -0.1) is 45.3 Å². The van der Waals surface area contributed by atoms with E-state index in [0.717, 1.165) is 22.1 Å². The number of rotatable bonds is 0. The van der Waals surface area contributed by atoms with E-state index in [4.69, 9.17) is 0 Å². The van der Waals surface area contributed by atoms with Crippen molar-refractivity contribution in [2.45, 2.75) is 0 Å². The van der Waals surface area contributed by atoms with Crippen molar-refractivity contribution in [1.82, 2.24) is 140 Å². The van der Waals surface area contributed by atoms with Gasteiger partial charge in [0.05, 0.1) is 77.5 Å². The van der Waals surface area contributed by atoms with Crippen molar-refractivity contribution in [3.8, 4) is 0 Å². The fraction of sp³-hybridized carbons (Fsp3) is 0. The number of aromatic nitrogens is 28. The fourth-order valence-electron chi connectivity index (χ4n) is 8.01. The van der Waals surface area contributed by atoms with Gasteiger partial charge in [-0.25, -0.2) is 54.2 Å². The minimum atomic E-state index is 0.949. The molecule has 0 aliphatic rings. The van der Waals surface area contributed by atoms with Crippen LogP contribution in [-0.2, 0) is 0 Å².